The third-order valence-corrected chi connectivity index (χ3v) is 7.57. The van der Waals surface area contributed by atoms with Crippen LogP contribution in [-0.2, 0) is 6.54 Å². The Hall–Kier alpha value is -3.62. The number of fused-ring (bicyclic) bond motifs is 3. The van der Waals surface area contributed by atoms with Crippen molar-refractivity contribution in [2.24, 2.45) is 0 Å². The Morgan fingerprint density at radius 1 is 0.697 bits per heavy atom. The van der Waals surface area contributed by atoms with Gasteiger partial charge in [-0.2, -0.15) is 0 Å². The molecule has 0 N–H and O–H groups in total. The number of rotatable bonds is 5. The van der Waals surface area contributed by atoms with E-state index >= 15 is 0 Å². The van der Waals surface area contributed by atoms with Crippen LogP contribution in [0.1, 0.15) is 28.8 Å². The van der Waals surface area contributed by atoms with E-state index in [1.807, 2.05) is 11.3 Å². The largest absolute Gasteiger partial charge is 0.341 e. The molecule has 6 aromatic rings. The topological polar surface area (TPSA) is 4.93 Å². The molecule has 0 fully saturated rings. The number of aromatic nitrogens is 1. The van der Waals surface area contributed by atoms with Crippen molar-refractivity contribution < 1.29 is 0 Å². The Labute approximate surface area is 198 Å². The van der Waals surface area contributed by atoms with Gasteiger partial charge < -0.3 is 4.57 Å². The number of para-hydroxylation sites is 1. The normalized spacial score (nSPS) is 12.4. The average Bonchev–Trinajstić information content (AvgIpc) is 3.51. The van der Waals surface area contributed by atoms with Crippen molar-refractivity contribution in [3.8, 4) is 11.1 Å². The van der Waals surface area contributed by atoms with Gasteiger partial charge in [0.25, 0.3) is 0 Å². The highest BCUT2D eigenvalue weighted by molar-refractivity contribution is 7.10. The summed E-state index contributed by atoms with van der Waals surface area (Å²) in [5.41, 5.74) is 7.87. The highest BCUT2D eigenvalue weighted by atomic mass is 32.1. The number of hydrogen-bond acceptors (Lipinski definition) is 1. The van der Waals surface area contributed by atoms with Gasteiger partial charge >= 0.3 is 0 Å². The maximum Gasteiger partial charge on any atom is 0.0491 e. The van der Waals surface area contributed by atoms with E-state index in [9.17, 15) is 0 Å². The predicted octanol–water partition coefficient (Wildman–Crippen LogP) is 8.72. The molecule has 1 atom stereocenters. The van der Waals surface area contributed by atoms with Gasteiger partial charge in [-0.25, -0.2) is 0 Å². The molecule has 0 radical (unpaired) electrons. The zero-order valence-corrected chi connectivity index (χ0v) is 19.4. The number of aryl methyl sites for hydroxylation is 1. The van der Waals surface area contributed by atoms with Crippen LogP contribution in [0.25, 0.3) is 32.9 Å². The van der Waals surface area contributed by atoms with Gasteiger partial charge in [0.2, 0.25) is 0 Å². The fraction of sp³-hybridized carbons (Fsp3) is 0.0968. The van der Waals surface area contributed by atoms with E-state index in [-0.39, 0.29) is 5.92 Å². The van der Waals surface area contributed by atoms with Gasteiger partial charge in [0.05, 0.1) is 0 Å². The summed E-state index contributed by atoms with van der Waals surface area (Å²) in [6.45, 7) is 3.19. The lowest BCUT2D eigenvalue weighted by atomic mass is 9.84. The van der Waals surface area contributed by atoms with Crippen LogP contribution in [0.4, 0.5) is 0 Å². The molecule has 0 spiro atoms. The number of benzene rings is 4. The first-order chi connectivity index (χ1) is 16.3. The molecule has 0 aliphatic carbocycles. The lowest BCUT2D eigenvalue weighted by Crippen LogP contribution is -2.04. The summed E-state index contributed by atoms with van der Waals surface area (Å²) in [6, 6.07) is 39.9. The molecule has 6 rings (SSSR count). The van der Waals surface area contributed by atoms with E-state index < -0.39 is 0 Å². The minimum atomic E-state index is 0.189. The second-order valence-corrected chi connectivity index (χ2v) is 9.42. The molecule has 0 saturated heterocycles. The summed E-state index contributed by atoms with van der Waals surface area (Å²) in [4.78, 5) is 1.37. The zero-order valence-electron chi connectivity index (χ0n) is 18.6. The quantitative estimate of drug-likeness (QED) is 0.251. The zero-order chi connectivity index (χ0) is 22.2. The fourth-order valence-electron chi connectivity index (χ4n) is 5.17. The molecular formula is C31H25NS. The molecule has 0 saturated carbocycles. The summed E-state index contributed by atoms with van der Waals surface area (Å²) >= 11 is 1.84. The van der Waals surface area contributed by atoms with E-state index in [1.54, 1.807) is 0 Å². The molecule has 2 aromatic heterocycles. The first-order valence-electron chi connectivity index (χ1n) is 11.5. The molecule has 33 heavy (non-hydrogen) atoms. The van der Waals surface area contributed by atoms with E-state index in [0.29, 0.717) is 0 Å². The molecule has 1 nitrogen and oxygen atoms in total. The second kappa shape index (κ2) is 8.38. The van der Waals surface area contributed by atoms with Crippen LogP contribution in [0.2, 0.25) is 0 Å². The summed E-state index contributed by atoms with van der Waals surface area (Å²) in [5.74, 6) is 0.189. The second-order valence-electron chi connectivity index (χ2n) is 8.44. The van der Waals surface area contributed by atoms with E-state index in [4.69, 9.17) is 0 Å². The minimum absolute atomic E-state index is 0.189. The molecule has 160 valence electrons. The highest BCUT2D eigenvalue weighted by Crippen LogP contribution is 2.41. The van der Waals surface area contributed by atoms with Crippen molar-refractivity contribution >= 4 is 33.1 Å². The summed E-state index contributed by atoms with van der Waals surface area (Å²) < 4.78 is 2.42. The van der Waals surface area contributed by atoms with Gasteiger partial charge in [-0.1, -0.05) is 84.9 Å². The van der Waals surface area contributed by atoms with Crippen LogP contribution >= 0.6 is 11.3 Å². The Balaban J connectivity index is 1.61. The van der Waals surface area contributed by atoms with Gasteiger partial charge in [-0.05, 0) is 58.8 Å². The number of hydrogen-bond donors (Lipinski definition) is 0. The van der Waals surface area contributed by atoms with Crippen LogP contribution < -0.4 is 0 Å². The third kappa shape index (κ3) is 3.39. The van der Waals surface area contributed by atoms with Crippen LogP contribution in [0.3, 0.4) is 0 Å². The van der Waals surface area contributed by atoms with Crippen molar-refractivity contribution in [3.05, 3.63) is 131 Å². The van der Waals surface area contributed by atoms with Gasteiger partial charge in [-0.15, -0.1) is 11.3 Å². The maximum absolute atomic E-state index is 2.43. The standard InChI is InChI=1S/C31H25NS/c1-2-32-28-16-9-8-14-25(28)27-21-23(18-19-29(27)32)31(30-17-10-20-33-30)26-15-7-6-13-24(26)22-11-4-3-5-12-22/h3-21,31H,2H2,1H3. The van der Waals surface area contributed by atoms with Crippen LogP contribution in [0, 0.1) is 0 Å². The Kier molecular flexibility index (Phi) is 5.09. The lowest BCUT2D eigenvalue weighted by Gasteiger charge is -2.21. The van der Waals surface area contributed by atoms with Crippen LogP contribution in [0.5, 0.6) is 0 Å². The molecule has 2 heteroatoms. The molecule has 0 aliphatic heterocycles. The van der Waals surface area contributed by atoms with Gasteiger partial charge in [0, 0.05) is 39.1 Å². The van der Waals surface area contributed by atoms with Crippen molar-refractivity contribution in [3.63, 3.8) is 0 Å². The monoisotopic (exact) mass is 443 g/mol. The minimum Gasteiger partial charge on any atom is -0.341 e. The van der Waals surface area contributed by atoms with Gasteiger partial charge in [0.1, 0.15) is 0 Å². The summed E-state index contributed by atoms with van der Waals surface area (Å²) in [6.07, 6.45) is 0. The lowest BCUT2D eigenvalue weighted by molar-refractivity contribution is 0.827. The van der Waals surface area contributed by atoms with Crippen molar-refractivity contribution in [1.29, 1.82) is 0 Å². The molecule has 0 bridgehead atoms. The Morgan fingerprint density at radius 3 is 2.27 bits per heavy atom. The van der Waals surface area contributed by atoms with E-state index in [1.165, 1.54) is 48.9 Å². The third-order valence-electron chi connectivity index (χ3n) is 6.63. The SMILES string of the molecule is CCn1c2ccccc2c2cc(C(c3cccs3)c3ccccc3-c3ccccc3)ccc21. The van der Waals surface area contributed by atoms with E-state index in [0.717, 1.165) is 6.54 Å². The molecule has 2 heterocycles. The average molecular weight is 444 g/mol. The number of nitrogens with zero attached hydrogens (tertiary/aromatic N) is 1. The highest BCUT2D eigenvalue weighted by Gasteiger charge is 2.22. The Bertz CT molecular complexity index is 1540. The van der Waals surface area contributed by atoms with Gasteiger partial charge in [0.15, 0.2) is 0 Å². The molecule has 0 aliphatic rings. The van der Waals surface area contributed by atoms with Crippen LogP contribution in [0.15, 0.2) is 115 Å². The summed E-state index contributed by atoms with van der Waals surface area (Å²) in [7, 11) is 0. The van der Waals surface area contributed by atoms with Gasteiger partial charge in [-0.3, -0.25) is 0 Å². The predicted molar refractivity (Wildman–Crippen MR) is 142 cm³/mol. The fourth-order valence-corrected chi connectivity index (χ4v) is 6.04. The molecule has 0 amide bonds. The maximum atomic E-state index is 2.43. The molecular weight excluding hydrogens is 418 g/mol. The number of thiophene rings is 1. The smallest absolute Gasteiger partial charge is 0.0491 e. The van der Waals surface area contributed by atoms with Crippen molar-refractivity contribution in [2.45, 2.75) is 19.4 Å². The molecule has 4 aromatic carbocycles. The van der Waals surface area contributed by atoms with Crippen molar-refractivity contribution in [2.75, 3.05) is 0 Å². The summed E-state index contributed by atoms with van der Waals surface area (Å²) in [5, 5.41) is 4.86. The van der Waals surface area contributed by atoms with Crippen LogP contribution in [-0.4, -0.2) is 4.57 Å². The first kappa shape index (κ1) is 20.0. The first-order valence-corrected chi connectivity index (χ1v) is 12.4. The van der Waals surface area contributed by atoms with Crippen molar-refractivity contribution in [1.82, 2.24) is 4.57 Å². The molecule has 1 unspecified atom stereocenters. The Morgan fingerprint density at radius 2 is 1.45 bits per heavy atom. The van der Waals surface area contributed by atoms with E-state index in [2.05, 4.69) is 126 Å².